The Morgan fingerprint density at radius 2 is 2.12 bits per heavy atom. The van der Waals surface area contributed by atoms with Gasteiger partial charge in [0, 0.05) is 41.3 Å². The molecule has 0 spiro atoms. The molecule has 6 nitrogen and oxygen atoms in total. The van der Waals surface area contributed by atoms with Gasteiger partial charge in [0.15, 0.2) is 0 Å². The van der Waals surface area contributed by atoms with Gasteiger partial charge in [-0.3, -0.25) is 14.9 Å². The second kappa shape index (κ2) is 6.00. The van der Waals surface area contributed by atoms with Gasteiger partial charge in [0.25, 0.3) is 11.6 Å². The average molecular weight is 400 g/mol. The number of carbonyl (C=O) groups excluding carboxylic acids is 1. The summed E-state index contributed by atoms with van der Waals surface area (Å²) in [6.07, 6.45) is 2.45. The van der Waals surface area contributed by atoms with E-state index in [4.69, 9.17) is 0 Å². The van der Waals surface area contributed by atoms with Gasteiger partial charge in [0.05, 0.1) is 16.0 Å². The Labute approximate surface area is 151 Å². The zero-order valence-electron chi connectivity index (χ0n) is 13.2. The Bertz CT molecular complexity index is 1010. The summed E-state index contributed by atoms with van der Waals surface area (Å²) in [7, 11) is 0. The second-order valence-electron chi connectivity index (χ2n) is 6.04. The van der Waals surface area contributed by atoms with Crippen LogP contribution in [0.2, 0.25) is 0 Å². The molecule has 1 N–H and O–H groups in total. The van der Waals surface area contributed by atoms with E-state index >= 15 is 0 Å². The van der Waals surface area contributed by atoms with E-state index in [-0.39, 0.29) is 11.6 Å². The molecule has 0 aliphatic carbocycles. The van der Waals surface area contributed by atoms with Crippen LogP contribution < -0.4 is 0 Å². The second-order valence-corrected chi connectivity index (χ2v) is 6.90. The average Bonchev–Trinajstić information content (AvgIpc) is 3.04. The van der Waals surface area contributed by atoms with Crippen LogP contribution in [0.1, 0.15) is 21.5 Å². The van der Waals surface area contributed by atoms with Crippen LogP contribution in [0.15, 0.2) is 47.1 Å². The number of nitro groups is 1. The van der Waals surface area contributed by atoms with E-state index in [0.29, 0.717) is 29.6 Å². The minimum atomic E-state index is -0.444. The van der Waals surface area contributed by atoms with Gasteiger partial charge < -0.3 is 9.88 Å². The van der Waals surface area contributed by atoms with Crippen LogP contribution in [-0.2, 0) is 13.0 Å². The largest absolute Gasteiger partial charge is 0.360 e. The van der Waals surface area contributed by atoms with E-state index in [1.165, 1.54) is 17.7 Å². The number of nitrogens with one attached hydrogen (secondary N) is 1. The highest BCUT2D eigenvalue weighted by Gasteiger charge is 2.25. The van der Waals surface area contributed by atoms with Gasteiger partial charge in [-0.2, -0.15) is 0 Å². The molecule has 1 aliphatic heterocycles. The van der Waals surface area contributed by atoms with E-state index in [1.54, 1.807) is 12.3 Å². The van der Waals surface area contributed by atoms with Gasteiger partial charge in [-0.25, -0.2) is 0 Å². The highest BCUT2D eigenvalue weighted by molar-refractivity contribution is 9.10. The van der Waals surface area contributed by atoms with Crippen LogP contribution in [0.25, 0.3) is 10.9 Å². The molecule has 0 atom stereocenters. The lowest BCUT2D eigenvalue weighted by atomic mass is 9.99. The summed E-state index contributed by atoms with van der Waals surface area (Å²) in [6, 6.07) is 10.6. The topological polar surface area (TPSA) is 79.2 Å². The summed E-state index contributed by atoms with van der Waals surface area (Å²) < 4.78 is 1.01. The molecule has 0 unspecified atom stereocenters. The fourth-order valence-corrected chi connectivity index (χ4v) is 3.82. The maximum absolute atomic E-state index is 13.0. The quantitative estimate of drug-likeness (QED) is 0.521. The van der Waals surface area contributed by atoms with E-state index in [1.807, 2.05) is 17.0 Å². The lowest BCUT2D eigenvalue weighted by Crippen LogP contribution is -2.36. The lowest BCUT2D eigenvalue weighted by molar-refractivity contribution is -0.384. The molecule has 25 heavy (non-hydrogen) atoms. The fraction of sp³-hybridized carbons (Fsp3) is 0.167. The fourth-order valence-electron chi connectivity index (χ4n) is 3.29. The lowest BCUT2D eigenvalue weighted by Gasteiger charge is -2.29. The number of H-pyrrole nitrogens is 1. The van der Waals surface area contributed by atoms with Crippen LogP contribution >= 0.6 is 15.9 Å². The number of fused-ring (bicyclic) bond motifs is 2. The summed E-state index contributed by atoms with van der Waals surface area (Å²) in [5, 5.41) is 11.6. The van der Waals surface area contributed by atoms with Crippen molar-refractivity contribution in [2.45, 2.75) is 13.0 Å². The number of halogens is 1. The number of aromatic amines is 1. The van der Waals surface area contributed by atoms with E-state index in [0.717, 1.165) is 16.5 Å². The number of rotatable bonds is 2. The molecule has 4 rings (SSSR count). The van der Waals surface area contributed by atoms with Crippen molar-refractivity contribution in [3.63, 3.8) is 0 Å². The Balaban J connectivity index is 1.67. The highest BCUT2D eigenvalue weighted by atomic mass is 79.9. The molecule has 0 radical (unpaired) electrons. The third-order valence-corrected chi connectivity index (χ3v) is 5.35. The predicted molar refractivity (Wildman–Crippen MR) is 97.5 cm³/mol. The number of nitrogens with zero attached hydrogens (tertiary/aromatic N) is 2. The zero-order chi connectivity index (χ0) is 17.6. The molecule has 0 fully saturated rings. The first-order valence-electron chi connectivity index (χ1n) is 7.85. The first kappa shape index (κ1) is 15.8. The third kappa shape index (κ3) is 2.70. The van der Waals surface area contributed by atoms with Gasteiger partial charge >= 0.3 is 0 Å². The Morgan fingerprint density at radius 1 is 1.28 bits per heavy atom. The monoisotopic (exact) mass is 399 g/mol. The minimum absolute atomic E-state index is 0.00387. The van der Waals surface area contributed by atoms with E-state index in [9.17, 15) is 14.9 Å². The Hall–Kier alpha value is -2.67. The number of benzene rings is 2. The van der Waals surface area contributed by atoms with Crippen molar-refractivity contribution >= 4 is 38.4 Å². The third-order valence-electron chi connectivity index (χ3n) is 4.61. The first-order valence-corrected chi connectivity index (χ1v) is 8.65. The molecule has 1 aliphatic rings. The van der Waals surface area contributed by atoms with Crippen molar-refractivity contribution in [3.8, 4) is 0 Å². The summed E-state index contributed by atoms with van der Waals surface area (Å²) >= 11 is 3.56. The summed E-state index contributed by atoms with van der Waals surface area (Å²) in [5.74, 6) is -0.0680. The van der Waals surface area contributed by atoms with E-state index < -0.39 is 4.92 Å². The SMILES string of the molecule is O=C(c1c[nH]c2cc([N+](=O)[O-])ccc12)N1CCc2cccc(Br)c2C1. The van der Waals surface area contributed by atoms with Crippen molar-refractivity contribution in [2.75, 3.05) is 6.54 Å². The zero-order valence-corrected chi connectivity index (χ0v) is 14.7. The molecular weight excluding hydrogens is 386 g/mol. The number of amides is 1. The molecule has 1 aromatic heterocycles. The van der Waals surface area contributed by atoms with Crippen molar-refractivity contribution in [2.24, 2.45) is 0 Å². The van der Waals surface area contributed by atoms with E-state index in [2.05, 4.69) is 27.0 Å². The molecule has 0 saturated heterocycles. The molecule has 2 heterocycles. The van der Waals surface area contributed by atoms with Crippen LogP contribution in [0.3, 0.4) is 0 Å². The van der Waals surface area contributed by atoms with Crippen LogP contribution in [0.5, 0.6) is 0 Å². The number of carbonyl (C=O) groups is 1. The van der Waals surface area contributed by atoms with Gasteiger partial charge in [0.1, 0.15) is 0 Å². The molecule has 0 bridgehead atoms. The minimum Gasteiger partial charge on any atom is -0.360 e. The van der Waals surface area contributed by atoms with Gasteiger partial charge in [-0.1, -0.05) is 28.1 Å². The van der Waals surface area contributed by atoms with Gasteiger partial charge in [-0.15, -0.1) is 0 Å². The normalized spacial score (nSPS) is 13.7. The Morgan fingerprint density at radius 3 is 2.92 bits per heavy atom. The first-order chi connectivity index (χ1) is 12.0. The molecule has 3 aromatic rings. The van der Waals surface area contributed by atoms with Crippen LogP contribution in [0.4, 0.5) is 5.69 Å². The predicted octanol–water partition coefficient (Wildman–Crippen LogP) is 4.04. The smallest absolute Gasteiger partial charge is 0.271 e. The van der Waals surface area contributed by atoms with Crippen LogP contribution in [0, 0.1) is 10.1 Å². The number of aromatic nitrogens is 1. The van der Waals surface area contributed by atoms with Crippen molar-refractivity contribution in [1.82, 2.24) is 9.88 Å². The van der Waals surface area contributed by atoms with Crippen molar-refractivity contribution < 1.29 is 9.72 Å². The Kier molecular flexibility index (Phi) is 3.80. The summed E-state index contributed by atoms with van der Waals surface area (Å²) in [6.45, 7) is 1.21. The molecule has 2 aromatic carbocycles. The summed E-state index contributed by atoms with van der Waals surface area (Å²) in [5.41, 5.74) is 3.53. The van der Waals surface area contributed by atoms with Gasteiger partial charge in [-0.05, 0) is 29.7 Å². The molecular formula is C18H14BrN3O3. The van der Waals surface area contributed by atoms with Crippen LogP contribution in [-0.4, -0.2) is 27.3 Å². The van der Waals surface area contributed by atoms with Crippen molar-refractivity contribution in [1.29, 1.82) is 0 Å². The van der Waals surface area contributed by atoms with Gasteiger partial charge in [0.2, 0.25) is 0 Å². The maximum atomic E-state index is 13.0. The number of nitro benzene ring substituents is 1. The standard InChI is InChI=1S/C18H14BrN3O3/c19-16-3-1-2-11-6-7-21(10-15(11)16)18(23)14-9-20-17-8-12(22(24)25)4-5-13(14)17/h1-5,8-9,20H,6-7,10H2. The number of non-ortho nitro benzene ring substituents is 1. The molecule has 1 amide bonds. The number of hydrogen-bond donors (Lipinski definition) is 1. The van der Waals surface area contributed by atoms with Crippen molar-refractivity contribution in [3.05, 3.63) is 73.9 Å². The number of hydrogen-bond acceptors (Lipinski definition) is 3. The highest BCUT2D eigenvalue weighted by Crippen LogP contribution is 2.29. The molecule has 126 valence electrons. The maximum Gasteiger partial charge on any atom is 0.271 e. The molecule has 0 saturated carbocycles. The molecule has 7 heteroatoms. The summed E-state index contributed by atoms with van der Waals surface area (Å²) in [4.78, 5) is 28.2.